The number of rotatable bonds is 3. The van der Waals surface area contributed by atoms with E-state index in [1.54, 1.807) is 11.3 Å². The van der Waals surface area contributed by atoms with E-state index in [1.807, 2.05) is 36.9 Å². The Kier molecular flexibility index (Phi) is 5.31. The van der Waals surface area contributed by atoms with E-state index in [0.29, 0.717) is 12.0 Å². The molecule has 1 saturated carbocycles. The van der Waals surface area contributed by atoms with Gasteiger partial charge in [-0.1, -0.05) is 37.5 Å². The van der Waals surface area contributed by atoms with Gasteiger partial charge in [0.15, 0.2) is 5.13 Å². The Morgan fingerprint density at radius 2 is 1.86 bits per heavy atom. The SMILES string of the molecule is Cc1cc(N(C(N)=NC2CCCCC2)c2nc(C)c(C)s2)c2ccccc2n1. The molecule has 0 spiro atoms. The van der Waals surface area contributed by atoms with Crippen LogP contribution in [-0.2, 0) is 0 Å². The largest absolute Gasteiger partial charge is 0.369 e. The van der Waals surface area contributed by atoms with Crippen molar-refractivity contribution in [3.63, 3.8) is 0 Å². The fourth-order valence-electron chi connectivity index (χ4n) is 3.80. The van der Waals surface area contributed by atoms with E-state index >= 15 is 0 Å². The Balaban J connectivity index is 1.87. The number of anilines is 2. The first-order valence-electron chi connectivity index (χ1n) is 9.97. The minimum atomic E-state index is 0.299. The van der Waals surface area contributed by atoms with Crippen molar-refractivity contribution in [2.45, 2.75) is 58.9 Å². The van der Waals surface area contributed by atoms with Gasteiger partial charge in [-0.25, -0.2) is 9.98 Å². The van der Waals surface area contributed by atoms with Crippen LogP contribution in [0, 0.1) is 20.8 Å². The fourth-order valence-corrected chi connectivity index (χ4v) is 4.73. The van der Waals surface area contributed by atoms with Gasteiger partial charge in [0, 0.05) is 16.0 Å². The van der Waals surface area contributed by atoms with Gasteiger partial charge < -0.3 is 5.73 Å². The van der Waals surface area contributed by atoms with Crippen molar-refractivity contribution in [2.75, 3.05) is 4.90 Å². The molecule has 146 valence electrons. The van der Waals surface area contributed by atoms with Gasteiger partial charge in [0.05, 0.1) is 22.9 Å². The van der Waals surface area contributed by atoms with E-state index < -0.39 is 0 Å². The van der Waals surface area contributed by atoms with Crippen molar-refractivity contribution < 1.29 is 0 Å². The van der Waals surface area contributed by atoms with E-state index in [2.05, 4.69) is 24.0 Å². The summed E-state index contributed by atoms with van der Waals surface area (Å²) < 4.78 is 0. The molecule has 1 fully saturated rings. The maximum atomic E-state index is 6.64. The molecule has 0 saturated heterocycles. The molecule has 1 aliphatic carbocycles. The van der Waals surface area contributed by atoms with Gasteiger partial charge in [-0.2, -0.15) is 0 Å². The average Bonchev–Trinajstić information content (AvgIpc) is 3.00. The lowest BCUT2D eigenvalue weighted by molar-refractivity contribution is 0.443. The second-order valence-electron chi connectivity index (χ2n) is 7.55. The molecule has 0 bridgehead atoms. The summed E-state index contributed by atoms with van der Waals surface area (Å²) in [5, 5.41) is 1.92. The molecule has 6 heteroatoms. The van der Waals surface area contributed by atoms with Crippen molar-refractivity contribution in [3.05, 3.63) is 46.6 Å². The standard InChI is InChI=1S/C22H27N5S/c1-14-13-20(18-11-7-8-12-19(18)24-14)27(22-25-15(2)16(3)28-22)21(23)26-17-9-5-4-6-10-17/h7-8,11-13,17H,4-6,9-10H2,1-3H3,(H2,23,26). The average molecular weight is 394 g/mol. The number of fused-ring (bicyclic) bond motifs is 1. The molecule has 28 heavy (non-hydrogen) atoms. The van der Waals surface area contributed by atoms with Crippen LogP contribution in [0.2, 0.25) is 0 Å². The maximum absolute atomic E-state index is 6.64. The number of aromatic nitrogens is 2. The van der Waals surface area contributed by atoms with Gasteiger partial charge in [0.2, 0.25) is 5.96 Å². The van der Waals surface area contributed by atoms with Crippen LogP contribution in [0.15, 0.2) is 35.3 Å². The fraction of sp³-hybridized carbons (Fsp3) is 0.409. The predicted molar refractivity (Wildman–Crippen MR) is 119 cm³/mol. The van der Waals surface area contributed by atoms with Gasteiger partial charge >= 0.3 is 0 Å². The Hall–Kier alpha value is -2.47. The van der Waals surface area contributed by atoms with E-state index in [-0.39, 0.29) is 0 Å². The minimum Gasteiger partial charge on any atom is -0.369 e. The van der Waals surface area contributed by atoms with Gasteiger partial charge in [-0.05, 0) is 45.7 Å². The highest BCUT2D eigenvalue weighted by Gasteiger charge is 2.23. The van der Waals surface area contributed by atoms with Crippen LogP contribution in [0.3, 0.4) is 0 Å². The first-order valence-corrected chi connectivity index (χ1v) is 10.8. The summed E-state index contributed by atoms with van der Waals surface area (Å²) >= 11 is 1.66. The van der Waals surface area contributed by atoms with Crippen LogP contribution in [0.4, 0.5) is 10.8 Å². The molecule has 2 aromatic heterocycles. The van der Waals surface area contributed by atoms with Crippen molar-refractivity contribution in [2.24, 2.45) is 10.7 Å². The smallest absolute Gasteiger partial charge is 0.202 e. The highest BCUT2D eigenvalue weighted by molar-refractivity contribution is 7.16. The van der Waals surface area contributed by atoms with Gasteiger partial charge in [0.25, 0.3) is 0 Å². The first kappa shape index (κ1) is 18.9. The quantitative estimate of drug-likeness (QED) is 0.478. The zero-order valence-electron chi connectivity index (χ0n) is 16.8. The van der Waals surface area contributed by atoms with Crippen molar-refractivity contribution in [3.8, 4) is 0 Å². The normalized spacial score (nSPS) is 15.9. The highest BCUT2D eigenvalue weighted by Crippen LogP contribution is 2.36. The summed E-state index contributed by atoms with van der Waals surface area (Å²) in [7, 11) is 0. The van der Waals surface area contributed by atoms with Gasteiger partial charge in [-0.3, -0.25) is 9.88 Å². The molecule has 0 amide bonds. The van der Waals surface area contributed by atoms with Crippen LogP contribution in [0.25, 0.3) is 10.9 Å². The van der Waals surface area contributed by atoms with Crippen LogP contribution in [0.5, 0.6) is 0 Å². The molecule has 0 radical (unpaired) electrons. The third-order valence-corrected chi connectivity index (χ3v) is 6.45. The number of nitrogens with two attached hydrogens (primary N) is 1. The highest BCUT2D eigenvalue weighted by atomic mass is 32.1. The molecule has 2 N–H and O–H groups in total. The molecule has 1 aromatic carbocycles. The maximum Gasteiger partial charge on any atom is 0.202 e. The lowest BCUT2D eigenvalue weighted by Gasteiger charge is -2.25. The summed E-state index contributed by atoms with van der Waals surface area (Å²) in [5.74, 6) is 0.524. The van der Waals surface area contributed by atoms with E-state index in [9.17, 15) is 0 Å². The number of nitrogens with zero attached hydrogens (tertiary/aromatic N) is 4. The molecule has 5 nitrogen and oxygen atoms in total. The molecule has 0 unspecified atom stereocenters. The third kappa shape index (κ3) is 3.74. The zero-order valence-corrected chi connectivity index (χ0v) is 17.6. The monoisotopic (exact) mass is 393 g/mol. The summed E-state index contributed by atoms with van der Waals surface area (Å²) in [6, 6.07) is 10.6. The number of para-hydroxylation sites is 1. The molecule has 1 aliphatic rings. The Morgan fingerprint density at radius 3 is 2.57 bits per heavy atom. The number of thiazole rings is 1. The van der Waals surface area contributed by atoms with Gasteiger partial charge in [0.1, 0.15) is 0 Å². The van der Waals surface area contributed by atoms with Gasteiger partial charge in [-0.15, -0.1) is 11.3 Å². The lowest BCUT2D eigenvalue weighted by Crippen LogP contribution is -2.35. The number of benzene rings is 1. The van der Waals surface area contributed by atoms with Crippen molar-refractivity contribution in [1.82, 2.24) is 9.97 Å². The molecule has 4 rings (SSSR count). The van der Waals surface area contributed by atoms with E-state index in [0.717, 1.165) is 46.0 Å². The molecule has 0 atom stereocenters. The van der Waals surface area contributed by atoms with Crippen LogP contribution < -0.4 is 10.6 Å². The molecule has 3 aromatic rings. The second-order valence-corrected chi connectivity index (χ2v) is 8.73. The van der Waals surface area contributed by atoms with Crippen molar-refractivity contribution >= 4 is 39.0 Å². The summed E-state index contributed by atoms with van der Waals surface area (Å²) in [5.41, 5.74) is 10.6. The van der Waals surface area contributed by atoms with Crippen LogP contribution >= 0.6 is 11.3 Å². The lowest BCUT2D eigenvalue weighted by atomic mass is 9.96. The summed E-state index contributed by atoms with van der Waals surface area (Å²) in [4.78, 5) is 17.6. The Labute approximate surface area is 170 Å². The third-order valence-electron chi connectivity index (χ3n) is 5.39. The minimum absolute atomic E-state index is 0.299. The number of guanidine groups is 1. The summed E-state index contributed by atoms with van der Waals surface area (Å²) in [6.07, 6.45) is 5.98. The summed E-state index contributed by atoms with van der Waals surface area (Å²) in [6.45, 7) is 6.15. The number of hydrogen-bond acceptors (Lipinski definition) is 4. The first-order chi connectivity index (χ1) is 13.5. The number of pyridine rings is 1. The second kappa shape index (κ2) is 7.87. The zero-order chi connectivity index (χ0) is 19.7. The topological polar surface area (TPSA) is 67.4 Å². The number of aliphatic imine (C=N–C) groups is 1. The van der Waals surface area contributed by atoms with Crippen LogP contribution in [0.1, 0.15) is 48.4 Å². The van der Waals surface area contributed by atoms with Crippen molar-refractivity contribution in [1.29, 1.82) is 0 Å². The molecule has 0 aliphatic heterocycles. The predicted octanol–water partition coefficient (Wildman–Crippen LogP) is 5.40. The Morgan fingerprint density at radius 1 is 1.11 bits per heavy atom. The molecule has 2 heterocycles. The molecular formula is C22H27N5S. The van der Waals surface area contributed by atoms with Crippen LogP contribution in [-0.4, -0.2) is 22.0 Å². The number of hydrogen-bond donors (Lipinski definition) is 1. The van der Waals surface area contributed by atoms with E-state index in [4.69, 9.17) is 15.7 Å². The Bertz CT molecular complexity index is 997. The van der Waals surface area contributed by atoms with E-state index in [1.165, 1.54) is 24.1 Å². The molecular weight excluding hydrogens is 366 g/mol. The number of aryl methyl sites for hydroxylation is 3.